The molecule has 1 fully saturated rings. The standard InChI is InChI=1S/C31H25N3O4S3/c1-4-32-24-8-6-5-7-19(24)9-18-25(32)26-28(35)33(20-10-14-22(37-2)15-11-20)30(40-26)27-29(36)34(31(39)41-27)21-12-16-23(38-3)17-13-21/h5-18H,4H2,1-3H3. The second-order valence-corrected chi connectivity index (χ2v) is 11.8. The van der Waals surface area contributed by atoms with Gasteiger partial charge in [-0.15, -0.1) is 11.3 Å². The molecule has 3 aromatic carbocycles. The molecule has 7 nitrogen and oxygen atoms in total. The van der Waals surface area contributed by atoms with Crippen LogP contribution in [0.5, 0.6) is 11.5 Å². The molecule has 206 valence electrons. The summed E-state index contributed by atoms with van der Waals surface area (Å²) in [5, 5.41) is 0. The van der Waals surface area contributed by atoms with E-state index in [1.54, 1.807) is 55.2 Å². The first-order chi connectivity index (χ1) is 19.9. The maximum Gasteiger partial charge on any atom is 0.275 e. The summed E-state index contributed by atoms with van der Waals surface area (Å²) in [7, 11) is 3.18. The van der Waals surface area contributed by atoms with Crippen LogP contribution in [0.15, 0.2) is 83.7 Å². The molecule has 0 atom stereocenters. The number of benzene rings is 3. The molecule has 0 unspecified atom stereocenters. The van der Waals surface area contributed by atoms with E-state index in [2.05, 4.69) is 24.0 Å². The first-order valence-corrected chi connectivity index (χ1v) is 14.9. The molecule has 1 aromatic heterocycles. The van der Waals surface area contributed by atoms with Gasteiger partial charge in [0.05, 0.1) is 31.3 Å². The lowest BCUT2D eigenvalue weighted by Crippen LogP contribution is -2.36. The molecule has 6 rings (SSSR count). The SMILES string of the molecule is CCN1C(=c2sc(=C3SC(=S)N(c4ccc(OC)cc4)C3=O)n(-c3ccc(OC)cc3)c2=O)C=Cc2ccccc21. The van der Waals surface area contributed by atoms with Crippen molar-refractivity contribution in [3.05, 3.63) is 104 Å². The average molecular weight is 600 g/mol. The van der Waals surface area contributed by atoms with Gasteiger partial charge in [0, 0.05) is 12.2 Å². The van der Waals surface area contributed by atoms with E-state index in [4.69, 9.17) is 21.7 Å². The van der Waals surface area contributed by atoms with E-state index in [0.717, 1.165) is 16.9 Å². The third-order valence-corrected chi connectivity index (χ3v) is 9.57. The number of carbonyl (C=O) groups excluding carboxylic acids is 1. The highest BCUT2D eigenvalue weighted by Crippen LogP contribution is 2.36. The van der Waals surface area contributed by atoms with Crippen LogP contribution in [0, 0.1) is 0 Å². The van der Waals surface area contributed by atoms with Gasteiger partial charge < -0.3 is 14.4 Å². The molecule has 3 heterocycles. The Morgan fingerprint density at radius 2 is 1.46 bits per heavy atom. The first kappa shape index (κ1) is 27.1. The Balaban J connectivity index is 1.61. The fourth-order valence-corrected chi connectivity index (χ4v) is 7.52. The van der Waals surface area contributed by atoms with Crippen LogP contribution >= 0.6 is 35.3 Å². The van der Waals surface area contributed by atoms with E-state index >= 15 is 0 Å². The summed E-state index contributed by atoms with van der Waals surface area (Å²) in [5.74, 6) is 1.07. The van der Waals surface area contributed by atoms with Crippen LogP contribution in [0.25, 0.3) is 22.4 Å². The van der Waals surface area contributed by atoms with Gasteiger partial charge in [-0.3, -0.25) is 19.1 Å². The normalized spacial score (nSPS) is 17.2. The molecular weight excluding hydrogens is 575 g/mol. The van der Waals surface area contributed by atoms with Crippen molar-refractivity contribution in [3.8, 4) is 17.2 Å². The molecule has 1 amide bonds. The highest BCUT2D eigenvalue weighted by Gasteiger charge is 2.36. The van der Waals surface area contributed by atoms with Gasteiger partial charge in [-0.2, -0.15) is 0 Å². The largest absolute Gasteiger partial charge is 0.497 e. The summed E-state index contributed by atoms with van der Waals surface area (Å²) in [6.07, 6.45) is 4.00. The predicted octanol–water partition coefficient (Wildman–Crippen LogP) is 4.75. The number of thioether (sulfide) groups is 1. The third kappa shape index (κ3) is 4.67. The van der Waals surface area contributed by atoms with E-state index in [1.807, 2.05) is 36.4 Å². The number of nitrogens with zero attached hydrogens (tertiary/aromatic N) is 3. The summed E-state index contributed by atoms with van der Waals surface area (Å²) in [6, 6.07) is 22.5. The van der Waals surface area contributed by atoms with Crippen molar-refractivity contribution in [2.75, 3.05) is 30.6 Å². The summed E-state index contributed by atoms with van der Waals surface area (Å²) in [6.45, 7) is 2.73. The van der Waals surface area contributed by atoms with E-state index in [1.165, 1.54) is 28.0 Å². The average Bonchev–Trinajstić information content (AvgIpc) is 3.51. The smallest absolute Gasteiger partial charge is 0.275 e. The number of aromatic nitrogens is 1. The Hall–Kier alpha value is -4.12. The van der Waals surface area contributed by atoms with Crippen LogP contribution in [-0.2, 0) is 4.79 Å². The van der Waals surface area contributed by atoms with Gasteiger partial charge in [0.1, 0.15) is 25.6 Å². The number of thiocarbonyl (C=S) groups is 1. The Labute approximate surface area is 250 Å². The molecule has 10 heteroatoms. The number of methoxy groups -OCH3 is 2. The van der Waals surface area contributed by atoms with Crippen LogP contribution in [-0.4, -0.2) is 35.6 Å². The zero-order valence-corrected chi connectivity index (χ0v) is 24.9. The maximum absolute atomic E-state index is 14.3. The number of carbonyl (C=O) groups is 1. The molecule has 2 aliphatic heterocycles. The van der Waals surface area contributed by atoms with Crippen molar-refractivity contribution in [2.24, 2.45) is 0 Å². The van der Waals surface area contributed by atoms with Crippen LogP contribution in [0.4, 0.5) is 11.4 Å². The van der Waals surface area contributed by atoms with Crippen LogP contribution in [0.3, 0.4) is 0 Å². The molecule has 0 aliphatic carbocycles. The van der Waals surface area contributed by atoms with Crippen molar-refractivity contribution in [3.63, 3.8) is 0 Å². The lowest BCUT2D eigenvalue weighted by atomic mass is 10.1. The first-order valence-electron chi connectivity index (χ1n) is 12.8. The molecule has 2 aliphatic rings. The number of ether oxygens (including phenoxy) is 2. The number of amides is 1. The zero-order valence-electron chi connectivity index (χ0n) is 22.5. The number of hydrogen-bond acceptors (Lipinski definition) is 8. The van der Waals surface area contributed by atoms with Gasteiger partial charge >= 0.3 is 0 Å². The monoisotopic (exact) mass is 599 g/mol. The van der Waals surface area contributed by atoms with Gasteiger partial charge in [0.25, 0.3) is 11.5 Å². The predicted molar refractivity (Wildman–Crippen MR) is 172 cm³/mol. The van der Waals surface area contributed by atoms with Crippen molar-refractivity contribution >= 4 is 73.6 Å². The fraction of sp³-hybridized carbons (Fsp3) is 0.129. The second-order valence-electron chi connectivity index (χ2n) is 9.13. The number of para-hydroxylation sites is 1. The maximum atomic E-state index is 14.3. The van der Waals surface area contributed by atoms with Gasteiger partial charge in [0.15, 0.2) is 4.32 Å². The number of rotatable bonds is 5. The van der Waals surface area contributed by atoms with Crippen LogP contribution in [0.1, 0.15) is 12.5 Å². The zero-order chi connectivity index (χ0) is 28.7. The molecule has 0 saturated carbocycles. The van der Waals surface area contributed by atoms with E-state index in [-0.39, 0.29) is 11.5 Å². The summed E-state index contributed by atoms with van der Waals surface area (Å²) in [4.78, 5) is 32.2. The van der Waals surface area contributed by atoms with Crippen molar-refractivity contribution in [1.29, 1.82) is 0 Å². The molecule has 0 bridgehead atoms. The molecule has 41 heavy (non-hydrogen) atoms. The lowest BCUT2D eigenvalue weighted by Gasteiger charge is -2.28. The Bertz CT molecular complexity index is 1890. The number of anilines is 2. The summed E-state index contributed by atoms with van der Waals surface area (Å²) >= 11 is 8.17. The molecule has 1 saturated heterocycles. The Kier molecular flexibility index (Phi) is 7.29. The molecule has 0 spiro atoms. The topological polar surface area (TPSA) is 64.0 Å². The quantitative estimate of drug-likeness (QED) is 0.307. The molecule has 4 aromatic rings. The summed E-state index contributed by atoms with van der Waals surface area (Å²) < 4.78 is 13.7. The number of hydrogen-bond donors (Lipinski definition) is 0. The second kappa shape index (κ2) is 11.0. The lowest BCUT2D eigenvalue weighted by molar-refractivity contribution is -0.112. The van der Waals surface area contributed by atoms with Gasteiger partial charge in [-0.05, 0) is 73.2 Å². The van der Waals surface area contributed by atoms with Gasteiger partial charge in [-0.25, -0.2) is 0 Å². The minimum Gasteiger partial charge on any atom is -0.497 e. The van der Waals surface area contributed by atoms with Crippen LogP contribution in [0.2, 0.25) is 0 Å². The van der Waals surface area contributed by atoms with E-state index in [9.17, 15) is 9.59 Å². The van der Waals surface area contributed by atoms with Crippen molar-refractivity contribution < 1.29 is 14.3 Å². The highest BCUT2D eigenvalue weighted by atomic mass is 32.2. The van der Waals surface area contributed by atoms with E-state index < -0.39 is 0 Å². The molecule has 0 radical (unpaired) electrons. The highest BCUT2D eigenvalue weighted by molar-refractivity contribution is 8.31. The minimum absolute atomic E-state index is 0.206. The van der Waals surface area contributed by atoms with Gasteiger partial charge in [-0.1, -0.05) is 48.3 Å². The van der Waals surface area contributed by atoms with Crippen molar-refractivity contribution in [2.45, 2.75) is 6.92 Å². The van der Waals surface area contributed by atoms with Gasteiger partial charge in [0.2, 0.25) is 0 Å². The summed E-state index contributed by atoms with van der Waals surface area (Å²) in [5.41, 5.74) is 3.97. The van der Waals surface area contributed by atoms with E-state index in [0.29, 0.717) is 47.8 Å². The van der Waals surface area contributed by atoms with Crippen molar-refractivity contribution in [1.82, 2.24) is 4.57 Å². The third-order valence-electron chi connectivity index (χ3n) is 6.91. The fourth-order valence-electron chi connectivity index (χ4n) is 4.91. The number of thiazole rings is 1. The van der Waals surface area contributed by atoms with Crippen LogP contribution < -0.4 is 34.0 Å². The molecule has 0 N–H and O–H groups in total. The number of fused-ring (bicyclic) bond motifs is 1. The molecular formula is C31H25N3O4S3. The number of likely N-dealkylation sites (N-methyl/N-ethyl adjacent to an activating group) is 1. The Morgan fingerprint density at radius 1 is 0.829 bits per heavy atom. The Morgan fingerprint density at radius 3 is 2.10 bits per heavy atom. The minimum atomic E-state index is -0.276.